The number of hydrogen-bond acceptors (Lipinski definition) is 22. The van der Waals surface area contributed by atoms with Crippen LogP contribution >= 0.6 is 15.6 Å². The highest BCUT2D eigenvalue weighted by Crippen LogP contribution is 2.68. The molecule has 0 radical (unpaired) electrons. The summed E-state index contributed by atoms with van der Waals surface area (Å²) >= 11 is 0. The molecule has 4 aromatic carbocycles. The zero-order valence-corrected chi connectivity index (χ0v) is 68.4. The molecule has 7 aliphatic rings. The number of phenolic OH excluding ortho intramolecular Hbond substituents is 2. The SMILES string of the molecule is COc1cccc2c1C(=O)c1c(O)c3c(c(O)c1C2=O)C[C@@](O)(C(=O)CO)C[C@@H]3O[C@H]1C[C@H](NC(=O)CCC(=O)NCCCC[C@@H](NC(=O)C(Cc2ccc(OP(=O)(O)O)cc2)NC(=O)OC2CCC3(C)C(=CCC4[C@@H]3CCC3(C)C([C@H](C)CCCC(C)C)CC[C@@H]43)C2)C(=O)NC(Cc2ccc(OP(=O)(O)O)cc2)C(=O)O)[C@H](O)[C@H](C)O1. The Kier molecular flexibility index (Phi) is 28.1. The maximum atomic E-state index is 14.9. The van der Waals surface area contributed by atoms with E-state index in [1.807, 2.05) is 0 Å². The fourth-order valence-corrected chi connectivity index (χ4v) is 20.4. The first-order valence-corrected chi connectivity index (χ1v) is 43.2. The number of aliphatic hydroxyl groups excluding tert-OH is 2. The molecule has 6 aliphatic carbocycles. The summed E-state index contributed by atoms with van der Waals surface area (Å²) in [6, 6.07) is 8.65. The average Bonchev–Trinajstić information content (AvgIpc) is 1.66. The standard InChI is InChI=1S/C83H109N5O27P2/c1-43(2)12-10-13-44(3)55-27-28-56-52-26-21-48-38-51(31-33-81(48,5)57(52)32-34-82(55,56)6)112-80(102)88-60(36-46-17-22-49(23-18-46)114-116(104,105)106)78(99)86-58(77(98)87-61(79(100)101)37-47-19-24-50(25-20-47)115-117(107,108)109)15-8-9-35-84-65(91)29-30-66(92)85-59-39-67(111-45(4)72(59)93)113-63-41-83(103,64(90)42-89)40-54-69(63)76(97)71-70(74(54)95)73(94)53-14-11-16-62(110-7)68(53)75(71)96/h11,14,16-25,43-45,51-52,55-61,63,67,72,89,93,95,97,103H,8-10,12-13,15,26-42H2,1-7H3,(H,84,91)(H,85,92)(H,86,99)(H,87,98)(H,88,102)(H,100,101)(H2,104,105,106)(H2,107,108,109)/t44-,45+,51?,52?,55?,56+,57+,58-,59+,60?,61?,63+,67+,72-,81?,82?,83+/m1/s1. The number of hydrogen-bond donors (Lipinski definition) is 15. The van der Waals surface area contributed by atoms with Gasteiger partial charge in [-0.3, -0.25) is 53.1 Å². The van der Waals surface area contributed by atoms with Crippen molar-refractivity contribution in [2.75, 3.05) is 20.3 Å². The summed E-state index contributed by atoms with van der Waals surface area (Å²) in [6.07, 6.45) is 3.40. The van der Waals surface area contributed by atoms with Gasteiger partial charge in [0.1, 0.15) is 71.3 Å². The van der Waals surface area contributed by atoms with E-state index in [9.17, 15) is 102 Å². The molecule has 4 fully saturated rings. The molecule has 11 rings (SSSR count). The Morgan fingerprint density at radius 3 is 1.97 bits per heavy atom. The van der Waals surface area contributed by atoms with Gasteiger partial charge >= 0.3 is 27.7 Å². The van der Waals surface area contributed by atoms with Gasteiger partial charge in [0.05, 0.1) is 42.0 Å². The molecule has 1 saturated heterocycles. The van der Waals surface area contributed by atoms with E-state index < -0.39 is 184 Å². The lowest BCUT2D eigenvalue weighted by Gasteiger charge is -2.58. The van der Waals surface area contributed by atoms with Crippen molar-refractivity contribution in [2.45, 2.75) is 237 Å². The van der Waals surface area contributed by atoms with E-state index in [0.717, 1.165) is 19.3 Å². The van der Waals surface area contributed by atoms with Gasteiger partial charge in [0.2, 0.25) is 29.4 Å². The molecular weight excluding hydrogens is 1560 g/mol. The molecule has 34 heteroatoms. The van der Waals surface area contributed by atoms with Gasteiger partial charge in [-0.05, 0) is 159 Å². The van der Waals surface area contributed by atoms with Gasteiger partial charge in [0.25, 0.3) is 0 Å². The number of carbonyl (C=O) groups is 9. The fourth-order valence-electron chi connectivity index (χ4n) is 19.6. The maximum absolute atomic E-state index is 14.9. The minimum atomic E-state index is -4.99. The Labute approximate surface area is 677 Å². The van der Waals surface area contributed by atoms with Crippen LogP contribution in [0.4, 0.5) is 4.79 Å². The number of Topliss-reactive ketones (excluding diaryl/α,β-unsaturated/α-hetero) is 1. The lowest BCUT2D eigenvalue weighted by Crippen LogP contribution is -2.56. The third kappa shape index (κ3) is 20.6. The Bertz CT molecular complexity index is 4530. The number of alkyl carbamates (subject to hydrolysis) is 1. The molecular formula is C83H109N5O27P2. The topological polar surface area (TPSA) is 506 Å². The number of ether oxygens (including phenoxy) is 4. The first-order chi connectivity index (χ1) is 55.2. The molecule has 4 aromatic rings. The highest BCUT2D eigenvalue weighted by Gasteiger charge is 2.60. The highest BCUT2D eigenvalue weighted by atomic mass is 31.2. The van der Waals surface area contributed by atoms with Crippen molar-refractivity contribution in [3.8, 4) is 28.7 Å². The van der Waals surface area contributed by atoms with Crippen LogP contribution < -0.4 is 40.4 Å². The van der Waals surface area contributed by atoms with Gasteiger partial charge < -0.3 is 85.2 Å². The third-order valence-corrected chi connectivity index (χ3v) is 26.4. The number of allylic oxidation sites excluding steroid dienone is 1. The third-order valence-electron chi connectivity index (χ3n) is 25.5. The molecule has 1 heterocycles. The van der Waals surface area contributed by atoms with Crippen molar-refractivity contribution >= 4 is 68.7 Å². The number of nitrogens with one attached hydrogen (secondary N) is 5. The van der Waals surface area contributed by atoms with E-state index in [0.29, 0.717) is 53.9 Å². The quantitative estimate of drug-likeness (QED) is 0.00798. The fraction of sp³-hybridized carbons (Fsp3) is 0.578. The molecule has 638 valence electrons. The number of phosphoric ester groups is 2. The number of amides is 5. The van der Waals surface area contributed by atoms with Crippen LogP contribution in [0.5, 0.6) is 28.7 Å². The van der Waals surface area contributed by atoms with Crippen molar-refractivity contribution < 1.29 is 130 Å². The number of phosphoric acid groups is 2. The van der Waals surface area contributed by atoms with Crippen LogP contribution in [0.2, 0.25) is 0 Å². The zero-order chi connectivity index (χ0) is 85.0. The molecule has 0 aromatic heterocycles. The molecule has 3 saturated carbocycles. The van der Waals surface area contributed by atoms with Crippen LogP contribution in [-0.2, 0) is 71.4 Å². The Balaban J connectivity index is 0.737. The molecule has 1 aliphatic heterocycles. The summed E-state index contributed by atoms with van der Waals surface area (Å²) in [4.78, 5) is 163. The van der Waals surface area contributed by atoms with Crippen LogP contribution in [0.1, 0.15) is 217 Å². The minimum absolute atomic E-state index is 0.00724. The number of phenols is 2. The molecule has 117 heavy (non-hydrogen) atoms. The van der Waals surface area contributed by atoms with E-state index in [4.69, 9.17) is 23.5 Å². The number of carboxylic acid groups (broad SMARTS) is 1. The van der Waals surface area contributed by atoms with Crippen LogP contribution in [0.25, 0.3) is 0 Å². The van der Waals surface area contributed by atoms with E-state index in [-0.39, 0.29) is 101 Å². The van der Waals surface area contributed by atoms with Crippen molar-refractivity contribution in [3.05, 3.63) is 123 Å². The number of benzene rings is 4. The number of ketones is 3. The highest BCUT2D eigenvalue weighted by molar-refractivity contribution is 7.47. The van der Waals surface area contributed by atoms with Gasteiger partial charge in [-0.15, -0.1) is 0 Å². The van der Waals surface area contributed by atoms with E-state index >= 15 is 0 Å². The van der Waals surface area contributed by atoms with Crippen LogP contribution in [-0.4, -0.2) is 178 Å². The molecule has 5 amide bonds. The number of aliphatic carboxylic acids is 1. The lowest BCUT2D eigenvalue weighted by atomic mass is 9.47. The van der Waals surface area contributed by atoms with Crippen LogP contribution in [0, 0.1) is 46.3 Å². The smallest absolute Gasteiger partial charge is 0.507 e. The van der Waals surface area contributed by atoms with Crippen molar-refractivity contribution in [1.82, 2.24) is 26.6 Å². The molecule has 7 unspecified atom stereocenters. The molecule has 0 bridgehead atoms. The largest absolute Gasteiger partial charge is 0.524 e. The van der Waals surface area contributed by atoms with E-state index in [2.05, 4.69) is 71.8 Å². The number of rotatable bonds is 34. The van der Waals surface area contributed by atoms with Gasteiger partial charge in [-0.1, -0.05) is 102 Å². The molecule has 17 atom stereocenters. The van der Waals surface area contributed by atoms with Crippen molar-refractivity contribution in [1.29, 1.82) is 0 Å². The van der Waals surface area contributed by atoms with Gasteiger partial charge in [0, 0.05) is 74.6 Å². The first kappa shape index (κ1) is 89.1. The second-order valence-electron chi connectivity index (χ2n) is 33.6. The normalized spacial score (nSPS) is 26.9. The number of fused-ring (bicyclic) bond motifs is 8. The van der Waals surface area contributed by atoms with E-state index in [1.54, 1.807) is 0 Å². The van der Waals surface area contributed by atoms with Crippen LogP contribution in [0.3, 0.4) is 0 Å². The summed E-state index contributed by atoms with van der Waals surface area (Å²) < 4.78 is 56.4. The second-order valence-corrected chi connectivity index (χ2v) is 35.9. The van der Waals surface area contributed by atoms with Crippen molar-refractivity contribution in [2.24, 2.45) is 46.3 Å². The second kappa shape index (κ2) is 36.9. The Hall–Kier alpha value is -8.65. The minimum Gasteiger partial charge on any atom is -0.507 e. The lowest BCUT2D eigenvalue weighted by molar-refractivity contribution is -0.249. The molecule has 0 spiro atoms. The van der Waals surface area contributed by atoms with Crippen molar-refractivity contribution in [3.63, 3.8) is 0 Å². The number of carboxylic acids is 1. The number of aromatic hydroxyl groups is 2. The summed E-state index contributed by atoms with van der Waals surface area (Å²) in [5, 5.41) is 80.6. The molecule has 32 nitrogen and oxygen atoms in total. The van der Waals surface area contributed by atoms with Crippen LogP contribution in [0.15, 0.2) is 78.4 Å². The number of methoxy groups -OCH3 is 1. The first-order valence-electron chi connectivity index (χ1n) is 40.2. The number of carbonyl (C=O) groups excluding carboxylic acids is 8. The summed E-state index contributed by atoms with van der Waals surface area (Å²) in [7, 11) is -8.69. The Morgan fingerprint density at radius 1 is 0.709 bits per heavy atom. The monoisotopic (exact) mass is 1670 g/mol. The van der Waals surface area contributed by atoms with Gasteiger partial charge in [0.15, 0.2) is 17.9 Å². The predicted molar refractivity (Wildman–Crippen MR) is 419 cm³/mol. The number of aliphatic hydroxyl groups is 3. The average molecular weight is 1670 g/mol. The number of unbranched alkanes of at least 4 members (excludes halogenated alkanes) is 1. The maximum Gasteiger partial charge on any atom is 0.524 e. The Morgan fingerprint density at radius 2 is 1.34 bits per heavy atom. The predicted octanol–water partition coefficient (Wildman–Crippen LogP) is 8.21. The van der Waals surface area contributed by atoms with Gasteiger partial charge in [-0.25, -0.2) is 18.7 Å². The summed E-state index contributed by atoms with van der Waals surface area (Å²) in [5.41, 5.74) is -2.60. The molecule has 15 N–H and O–H groups in total. The summed E-state index contributed by atoms with van der Waals surface area (Å²) in [6.45, 7) is 12.2. The van der Waals surface area contributed by atoms with E-state index in [1.165, 1.54) is 125 Å². The van der Waals surface area contributed by atoms with Gasteiger partial charge in [-0.2, -0.15) is 0 Å². The summed E-state index contributed by atoms with van der Waals surface area (Å²) in [5.74, 6) is -6.06. The zero-order valence-electron chi connectivity index (χ0n) is 66.7.